The highest BCUT2D eigenvalue weighted by atomic mass is 16.3. The summed E-state index contributed by atoms with van der Waals surface area (Å²) in [7, 11) is 0. The van der Waals surface area contributed by atoms with E-state index in [-0.39, 0.29) is 34.7 Å². The molecule has 7 nitrogen and oxygen atoms in total. The molecular weight excluding hydrogens is 416 g/mol. The summed E-state index contributed by atoms with van der Waals surface area (Å²) in [4.78, 5) is 19.3. The van der Waals surface area contributed by atoms with Crippen LogP contribution in [-0.2, 0) is 13.0 Å². The minimum atomic E-state index is -0.278. The Balaban J connectivity index is 1.37. The maximum absolute atomic E-state index is 13.2. The van der Waals surface area contributed by atoms with Crippen LogP contribution in [0.5, 0.6) is 11.5 Å². The molecule has 7 heteroatoms. The zero-order valence-electron chi connectivity index (χ0n) is 18.6. The first-order valence-corrected chi connectivity index (χ1v) is 11.3. The minimum Gasteiger partial charge on any atom is -0.507 e. The maximum atomic E-state index is 13.2. The standard InChI is InChI=1S/C26H30N4O3/c27-22-15-21(24(31)16-25(22)32)26(33)30-13-5-10-23(30)19-7-3-6-18(14-19)17-28-11-4-9-20-8-1-2-12-29-20/h1-3,6-8,12,14-16,23,28,31-32H,4-5,9-11,13,17,27H2. The van der Waals surface area contributed by atoms with Crippen molar-refractivity contribution >= 4 is 11.6 Å². The monoisotopic (exact) mass is 446 g/mol. The van der Waals surface area contributed by atoms with E-state index >= 15 is 0 Å². The van der Waals surface area contributed by atoms with Crippen molar-refractivity contribution < 1.29 is 15.0 Å². The van der Waals surface area contributed by atoms with Crippen LogP contribution in [0, 0.1) is 0 Å². The van der Waals surface area contributed by atoms with Crippen LogP contribution in [0.3, 0.4) is 0 Å². The van der Waals surface area contributed by atoms with E-state index < -0.39 is 0 Å². The highest BCUT2D eigenvalue weighted by molar-refractivity contribution is 5.98. The number of phenolic OH excluding ortho intramolecular Hbond substituents is 2. The Morgan fingerprint density at radius 3 is 2.82 bits per heavy atom. The molecule has 1 amide bonds. The second-order valence-electron chi connectivity index (χ2n) is 8.43. The van der Waals surface area contributed by atoms with Gasteiger partial charge in [0.1, 0.15) is 11.5 Å². The average molecular weight is 447 g/mol. The number of amides is 1. The first kappa shape index (κ1) is 22.6. The van der Waals surface area contributed by atoms with E-state index in [0.29, 0.717) is 6.54 Å². The number of aromatic hydroxyl groups is 2. The Labute approximate surface area is 193 Å². The summed E-state index contributed by atoms with van der Waals surface area (Å²) in [6, 6.07) is 16.7. The number of hydrogen-bond acceptors (Lipinski definition) is 6. The van der Waals surface area contributed by atoms with Gasteiger partial charge in [0.2, 0.25) is 0 Å². The lowest BCUT2D eigenvalue weighted by Gasteiger charge is -2.26. The number of aryl methyl sites for hydroxylation is 1. The molecule has 33 heavy (non-hydrogen) atoms. The Morgan fingerprint density at radius 2 is 2.00 bits per heavy atom. The van der Waals surface area contributed by atoms with Crippen molar-refractivity contribution in [3.63, 3.8) is 0 Å². The van der Waals surface area contributed by atoms with E-state index in [4.69, 9.17) is 5.73 Å². The Hall–Kier alpha value is -3.58. The lowest BCUT2D eigenvalue weighted by Crippen LogP contribution is -2.30. The Morgan fingerprint density at radius 1 is 1.12 bits per heavy atom. The van der Waals surface area contributed by atoms with E-state index in [1.807, 2.05) is 36.5 Å². The van der Waals surface area contributed by atoms with Gasteiger partial charge in [-0.3, -0.25) is 9.78 Å². The van der Waals surface area contributed by atoms with Crippen LogP contribution in [0.4, 0.5) is 5.69 Å². The lowest BCUT2D eigenvalue weighted by molar-refractivity contribution is 0.0732. The molecule has 172 valence electrons. The second-order valence-corrected chi connectivity index (χ2v) is 8.43. The van der Waals surface area contributed by atoms with Crippen LogP contribution in [-0.4, -0.2) is 39.1 Å². The number of aromatic nitrogens is 1. The number of carbonyl (C=O) groups is 1. The molecule has 4 rings (SSSR count). The van der Waals surface area contributed by atoms with E-state index in [0.717, 1.165) is 56.1 Å². The first-order chi connectivity index (χ1) is 16.0. The number of anilines is 1. The van der Waals surface area contributed by atoms with E-state index in [1.54, 1.807) is 4.90 Å². The molecule has 1 aliphatic rings. The lowest BCUT2D eigenvalue weighted by atomic mass is 10.0. The molecule has 1 atom stereocenters. The summed E-state index contributed by atoms with van der Waals surface area (Å²) in [5.41, 5.74) is 9.29. The van der Waals surface area contributed by atoms with Crippen molar-refractivity contribution in [1.82, 2.24) is 15.2 Å². The van der Waals surface area contributed by atoms with E-state index in [9.17, 15) is 15.0 Å². The van der Waals surface area contributed by atoms with Gasteiger partial charge in [0.15, 0.2) is 0 Å². The predicted octanol–water partition coefficient (Wildman–Crippen LogP) is 3.77. The first-order valence-electron chi connectivity index (χ1n) is 11.3. The molecule has 1 aromatic heterocycles. The number of nitrogen functional groups attached to an aromatic ring is 1. The number of nitrogens with two attached hydrogens (primary N) is 1. The molecule has 0 aliphatic carbocycles. The molecule has 0 bridgehead atoms. The van der Waals surface area contributed by atoms with Crippen molar-refractivity contribution in [3.05, 3.63) is 83.2 Å². The van der Waals surface area contributed by atoms with Crippen LogP contribution in [0.25, 0.3) is 0 Å². The summed E-state index contributed by atoms with van der Waals surface area (Å²) in [6.07, 6.45) is 5.54. The number of phenols is 2. The van der Waals surface area contributed by atoms with Gasteiger partial charge >= 0.3 is 0 Å². The molecule has 5 N–H and O–H groups in total. The highest BCUT2D eigenvalue weighted by Gasteiger charge is 2.32. The molecule has 1 saturated heterocycles. The van der Waals surface area contributed by atoms with Gasteiger partial charge in [0.05, 0.1) is 17.3 Å². The maximum Gasteiger partial charge on any atom is 0.258 e. The normalized spacial score (nSPS) is 15.6. The summed E-state index contributed by atoms with van der Waals surface area (Å²) in [5.74, 6) is -0.775. The molecule has 0 saturated carbocycles. The molecule has 2 heterocycles. The van der Waals surface area contributed by atoms with Crippen LogP contribution in [0.2, 0.25) is 0 Å². The molecule has 1 unspecified atom stereocenters. The van der Waals surface area contributed by atoms with E-state index in [2.05, 4.69) is 22.4 Å². The third kappa shape index (κ3) is 5.43. The van der Waals surface area contributed by atoms with Gasteiger partial charge in [0.25, 0.3) is 5.91 Å². The summed E-state index contributed by atoms with van der Waals surface area (Å²) in [6.45, 7) is 2.27. The van der Waals surface area contributed by atoms with Crippen LogP contribution in [0.15, 0.2) is 60.8 Å². The molecule has 0 spiro atoms. The summed E-state index contributed by atoms with van der Waals surface area (Å²) >= 11 is 0. The smallest absolute Gasteiger partial charge is 0.258 e. The predicted molar refractivity (Wildman–Crippen MR) is 128 cm³/mol. The number of likely N-dealkylation sites (tertiary alicyclic amines) is 1. The topological polar surface area (TPSA) is 112 Å². The number of hydrogen-bond donors (Lipinski definition) is 4. The number of nitrogens with zero attached hydrogens (tertiary/aromatic N) is 2. The fraction of sp³-hybridized carbons (Fsp3) is 0.308. The van der Waals surface area contributed by atoms with Gasteiger partial charge in [-0.1, -0.05) is 30.3 Å². The molecule has 2 aromatic carbocycles. The molecule has 0 radical (unpaired) electrons. The van der Waals surface area contributed by atoms with Crippen molar-refractivity contribution in [3.8, 4) is 11.5 Å². The number of nitrogens with one attached hydrogen (secondary N) is 1. The fourth-order valence-corrected chi connectivity index (χ4v) is 4.36. The van der Waals surface area contributed by atoms with Gasteiger partial charge in [-0.15, -0.1) is 0 Å². The average Bonchev–Trinajstić information content (AvgIpc) is 3.32. The van der Waals surface area contributed by atoms with Crippen LogP contribution >= 0.6 is 0 Å². The van der Waals surface area contributed by atoms with E-state index in [1.165, 1.54) is 11.6 Å². The van der Waals surface area contributed by atoms with Crippen LogP contribution < -0.4 is 11.1 Å². The second kappa shape index (κ2) is 10.4. The van der Waals surface area contributed by atoms with Gasteiger partial charge in [-0.25, -0.2) is 0 Å². The third-order valence-electron chi connectivity index (χ3n) is 6.07. The number of rotatable bonds is 8. The largest absolute Gasteiger partial charge is 0.507 e. The molecule has 3 aromatic rings. The van der Waals surface area contributed by atoms with Crippen molar-refractivity contribution in [2.75, 3.05) is 18.8 Å². The van der Waals surface area contributed by atoms with Crippen molar-refractivity contribution in [2.45, 2.75) is 38.3 Å². The van der Waals surface area contributed by atoms with Crippen LogP contribution in [0.1, 0.15) is 52.5 Å². The number of carbonyl (C=O) groups excluding carboxylic acids is 1. The third-order valence-corrected chi connectivity index (χ3v) is 6.07. The zero-order chi connectivity index (χ0) is 23.2. The number of benzene rings is 2. The Kier molecular flexibility index (Phi) is 7.10. The SMILES string of the molecule is Nc1cc(C(=O)N2CCCC2c2cccc(CNCCCc3ccccn3)c2)c(O)cc1O. The molecule has 1 aliphatic heterocycles. The van der Waals surface area contributed by atoms with Gasteiger partial charge in [-0.2, -0.15) is 0 Å². The quantitative estimate of drug-likeness (QED) is 0.181. The minimum absolute atomic E-state index is 0.0592. The highest BCUT2D eigenvalue weighted by Crippen LogP contribution is 2.36. The number of pyridine rings is 1. The Bertz CT molecular complexity index is 1100. The summed E-state index contributed by atoms with van der Waals surface area (Å²) < 4.78 is 0. The van der Waals surface area contributed by atoms with Crippen molar-refractivity contribution in [2.24, 2.45) is 0 Å². The van der Waals surface area contributed by atoms with Gasteiger partial charge in [0, 0.05) is 31.0 Å². The van der Waals surface area contributed by atoms with Crippen molar-refractivity contribution in [1.29, 1.82) is 0 Å². The van der Waals surface area contributed by atoms with Gasteiger partial charge < -0.3 is 26.2 Å². The zero-order valence-corrected chi connectivity index (χ0v) is 18.6. The fourth-order valence-electron chi connectivity index (χ4n) is 4.36. The molecular formula is C26H30N4O3. The molecule has 1 fully saturated rings. The van der Waals surface area contributed by atoms with Gasteiger partial charge in [-0.05, 0) is 61.6 Å². The summed E-state index contributed by atoms with van der Waals surface area (Å²) in [5, 5.41) is 23.4.